The first-order valence-electron chi connectivity index (χ1n) is 9.86. The molecule has 1 aromatic carbocycles. The third kappa shape index (κ3) is 12.3. The number of ether oxygens (including phenoxy) is 1. The molecule has 6 heteroatoms. The highest BCUT2D eigenvalue weighted by Crippen LogP contribution is 2.63. The Hall–Kier alpha value is 0.0700. The number of hydrogen-bond donors (Lipinski definition) is 0. The Bertz CT molecular complexity index is 530. The lowest BCUT2D eigenvalue weighted by molar-refractivity contribution is -0.00588. The molecule has 0 saturated heterocycles. The molecule has 0 aliphatic heterocycles. The van der Waals surface area contributed by atoms with Crippen molar-refractivity contribution in [2.75, 3.05) is 12.4 Å². The van der Waals surface area contributed by atoms with Crippen LogP contribution in [0.1, 0.15) is 82.0 Å². The molecule has 0 bridgehead atoms. The topological polar surface area (TPSA) is 26.3 Å². The first-order valence-corrected chi connectivity index (χ1v) is 14.1. The van der Waals surface area contributed by atoms with E-state index < -0.39 is 13.3 Å². The first kappa shape index (κ1) is 25.1. The summed E-state index contributed by atoms with van der Waals surface area (Å²) in [6.07, 6.45) is 10.5. The van der Waals surface area contributed by atoms with Gasteiger partial charge in [-0.3, -0.25) is 4.79 Å². The van der Waals surface area contributed by atoms with E-state index in [1.807, 2.05) is 44.2 Å². The summed E-state index contributed by atoms with van der Waals surface area (Å²) in [4.78, 5) is 12.5. The van der Waals surface area contributed by atoms with Gasteiger partial charge in [0.15, 0.2) is 5.78 Å². The summed E-state index contributed by atoms with van der Waals surface area (Å²) < 4.78 is 5.87. The van der Waals surface area contributed by atoms with Crippen molar-refractivity contribution in [2.24, 2.45) is 0 Å². The van der Waals surface area contributed by atoms with Crippen molar-refractivity contribution in [3.8, 4) is 0 Å². The lowest BCUT2D eigenvalue weighted by Crippen LogP contribution is -2.35. The fourth-order valence-corrected chi connectivity index (χ4v) is 4.45. The summed E-state index contributed by atoms with van der Waals surface area (Å²) in [6, 6.07) is 9.35. The van der Waals surface area contributed by atoms with Gasteiger partial charge in [0.25, 0.3) is 0 Å². The summed E-state index contributed by atoms with van der Waals surface area (Å²) >= 11 is 0. The van der Waals surface area contributed by atoms with Gasteiger partial charge in [-0.1, -0.05) is 75.3 Å². The van der Waals surface area contributed by atoms with Crippen molar-refractivity contribution in [3.63, 3.8) is 0 Å². The fourth-order valence-electron chi connectivity index (χ4n) is 2.94. The minimum absolute atomic E-state index is 0.0411. The van der Waals surface area contributed by atoms with Crippen LogP contribution in [0.4, 0.5) is 0 Å². The maximum absolute atomic E-state index is 12.5. The quantitative estimate of drug-likeness (QED) is 0.196. The third-order valence-corrected chi connectivity index (χ3v) is 6.71. The molecule has 0 heterocycles. The highest BCUT2D eigenvalue weighted by atomic mass is 36.2. The SMILES string of the molecule is CC(C)(OCCCCCCCCCCCS(Cl)(Cl)Cl)C(=O)c1ccccc1. The van der Waals surface area contributed by atoms with Crippen LogP contribution in [0.3, 0.4) is 0 Å². The average Bonchev–Trinajstić information content (AvgIpc) is 2.61. The molecule has 0 atom stereocenters. The lowest BCUT2D eigenvalue weighted by atomic mass is 9.96. The summed E-state index contributed by atoms with van der Waals surface area (Å²) in [5.41, 5.74) is -0.0619. The van der Waals surface area contributed by atoms with E-state index >= 15 is 0 Å². The van der Waals surface area contributed by atoms with Crippen LogP contribution in [0.25, 0.3) is 0 Å². The van der Waals surface area contributed by atoms with Gasteiger partial charge in [0.2, 0.25) is 0 Å². The number of carbonyl (C=O) groups is 1. The highest BCUT2D eigenvalue weighted by Gasteiger charge is 2.29. The van der Waals surface area contributed by atoms with E-state index in [4.69, 9.17) is 36.8 Å². The van der Waals surface area contributed by atoms with E-state index in [-0.39, 0.29) is 5.78 Å². The Morgan fingerprint density at radius 1 is 0.852 bits per heavy atom. The molecule has 156 valence electrons. The molecule has 0 N–H and O–H groups in total. The van der Waals surface area contributed by atoms with E-state index in [0.29, 0.717) is 12.2 Å². The van der Waals surface area contributed by atoms with E-state index in [2.05, 4.69) is 0 Å². The van der Waals surface area contributed by atoms with Gasteiger partial charge in [0.1, 0.15) is 5.60 Å². The molecule has 27 heavy (non-hydrogen) atoms. The second kappa shape index (κ2) is 13.3. The number of halogens is 3. The van der Waals surface area contributed by atoms with Crippen LogP contribution in [0.5, 0.6) is 0 Å². The van der Waals surface area contributed by atoms with Crippen molar-refractivity contribution in [3.05, 3.63) is 35.9 Å². The average molecular weight is 456 g/mol. The fraction of sp³-hybridized carbons (Fsp3) is 0.667. The molecule has 1 rings (SSSR count). The van der Waals surface area contributed by atoms with Crippen molar-refractivity contribution in [2.45, 2.75) is 77.2 Å². The van der Waals surface area contributed by atoms with Crippen molar-refractivity contribution >= 4 is 45.5 Å². The van der Waals surface area contributed by atoms with Gasteiger partial charge in [-0.2, -0.15) is 0 Å². The second-order valence-corrected chi connectivity index (χ2v) is 15.0. The zero-order valence-electron chi connectivity index (χ0n) is 16.5. The highest BCUT2D eigenvalue weighted by molar-refractivity contribution is 8.79. The number of Topliss-reactive ketones (excluding diaryl/α,β-unsaturated/α-hetero) is 1. The minimum Gasteiger partial charge on any atom is -0.367 e. The van der Waals surface area contributed by atoms with Crippen LogP contribution in [-0.2, 0) is 4.74 Å². The molecule has 0 amide bonds. The van der Waals surface area contributed by atoms with Gasteiger partial charge in [0, 0.05) is 17.9 Å². The summed E-state index contributed by atoms with van der Waals surface area (Å²) in [5.74, 6) is 0.764. The normalized spacial score (nSPS) is 12.9. The predicted octanol–water partition coefficient (Wildman–Crippen LogP) is 8.44. The van der Waals surface area contributed by atoms with Gasteiger partial charge in [-0.25, -0.2) is 0 Å². The molecule has 0 unspecified atom stereocenters. The number of rotatable bonds is 15. The van der Waals surface area contributed by atoms with Crippen LogP contribution >= 0.6 is 39.7 Å². The molecule has 2 nitrogen and oxygen atoms in total. The Morgan fingerprint density at radius 2 is 1.33 bits per heavy atom. The molecule has 0 aliphatic rings. The lowest BCUT2D eigenvalue weighted by Gasteiger charge is -2.24. The van der Waals surface area contributed by atoms with Gasteiger partial charge >= 0.3 is 0 Å². The number of benzene rings is 1. The standard InChI is InChI=1S/C21H33Cl3O2S/c1-21(2,20(25)19-15-11-10-12-16-19)26-17-13-8-6-4-3-5-7-9-14-18-27(22,23)24/h10-12,15-16H,3-9,13-14,17-18H2,1-2H3. The van der Waals surface area contributed by atoms with Crippen molar-refractivity contribution in [1.82, 2.24) is 0 Å². The molecular formula is C21H33Cl3O2S. The largest absolute Gasteiger partial charge is 0.367 e. The predicted molar refractivity (Wildman–Crippen MR) is 122 cm³/mol. The monoisotopic (exact) mass is 454 g/mol. The van der Waals surface area contributed by atoms with Gasteiger partial charge in [-0.15, -0.1) is 0 Å². The van der Waals surface area contributed by atoms with Crippen LogP contribution in [0.2, 0.25) is 0 Å². The van der Waals surface area contributed by atoms with Crippen LogP contribution < -0.4 is 0 Å². The zero-order chi connectivity index (χ0) is 20.2. The maximum atomic E-state index is 12.5. The second-order valence-electron chi connectivity index (χ2n) is 7.44. The molecular weight excluding hydrogens is 423 g/mol. The van der Waals surface area contributed by atoms with Crippen molar-refractivity contribution < 1.29 is 9.53 Å². The zero-order valence-corrected chi connectivity index (χ0v) is 19.6. The van der Waals surface area contributed by atoms with Gasteiger partial charge in [-0.05, 0) is 66.4 Å². The number of carbonyl (C=O) groups excluding carboxylic acids is 1. The minimum atomic E-state index is -1.88. The van der Waals surface area contributed by atoms with Crippen LogP contribution in [0, 0.1) is 0 Å². The maximum Gasteiger partial charge on any atom is 0.194 e. The van der Waals surface area contributed by atoms with E-state index in [0.717, 1.165) is 31.4 Å². The van der Waals surface area contributed by atoms with Crippen molar-refractivity contribution in [1.29, 1.82) is 0 Å². The van der Waals surface area contributed by atoms with Crippen LogP contribution in [0.15, 0.2) is 30.3 Å². The molecule has 0 saturated carbocycles. The van der Waals surface area contributed by atoms with E-state index in [1.165, 1.54) is 32.1 Å². The summed E-state index contributed by atoms with van der Waals surface area (Å²) in [6.45, 7) is 4.34. The summed E-state index contributed by atoms with van der Waals surface area (Å²) in [5, 5.41) is 0. The Balaban J connectivity index is 2.00. The molecule has 0 aromatic heterocycles. The Labute approximate surface area is 180 Å². The first-order chi connectivity index (χ1) is 12.7. The Kier molecular flexibility index (Phi) is 12.4. The van der Waals surface area contributed by atoms with Crippen LogP contribution in [-0.4, -0.2) is 23.7 Å². The molecule has 0 radical (unpaired) electrons. The van der Waals surface area contributed by atoms with Gasteiger partial charge < -0.3 is 4.74 Å². The van der Waals surface area contributed by atoms with Gasteiger partial charge in [0.05, 0.1) is 0 Å². The molecule has 0 spiro atoms. The summed E-state index contributed by atoms with van der Waals surface area (Å²) in [7, 11) is 15.6. The number of hydrogen-bond acceptors (Lipinski definition) is 2. The van der Waals surface area contributed by atoms with E-state index in [1.54, 1.807) is 0 Å². The molecule has 0 fully saturated rings. The third-order valence-electron chi connectivity index (χ3n) is 4.57. The van der Waals surface area contributed by atoms with E-state index in [9.17, 15) is 4.79 Å². The number of unbranched alkanes of at least 4 members (excludes halogenated alkanes) is 8. The Morgan fingerprint density at radius 3 is 1.85 bits per heavy atom. The molecule has 1 aromatic rings. The number of ketones is 1. The smallest absolute Gasteiger partial charge is 0.194 e. The molecule has 0 aliphatic carbocycles.